The number of amides is 4. The Balaban J connectivity index is 2.54. The van der Waals surface area contributed by atoms with E-state index in [4.69, 9.17) is 10.5 Å². The van der Waals surface area contributed by atoms with Gasteiger partial charge in [0, 0.05) is 18.5 Å². The number of primary amides is 1. The summed E-state index contributed by atoms with van der Waals surface area (Å²) < 4.78 is 5.40. The molecule has 2 rings (SSSR count). The zero-order valence-electron chi connectivity index (χ0n) is 24.8. The van der Waals surface area contributed by atoms with E-state index in [-0.39, 0.29) is 30.8 Å². The number of rotatable bonds is 11. The number of ether oxygens (including phenoxy) is 1. The second-order valence-electron chi connectivity index (χ2n) is 11.9. The van der Waals surface area contributed by atoms with Gasteiger partial charge in [-0.15, -0.1) is 0 Å². The molecule has 3 unspecified atom stereocenters. The summed E-state index contributed by atoms with van der Waals surface area (Å²) in [5, 5.41) is 5.86. The Bertz CT molecular complexity index is 993. The monoisotopic (exact) mass is 544 g/mol. The molecule has 4 amide bonds. The Kier molecular flexibility index (Phi) is 11.8. The van der Waals surface area contributed by atoms with E-state index >= 15 is 0 Å². The van der Waals surface area contributed by atoms with Crippen molar-refractivity contribution in [2.75, 3.05) is 0 Å². The quantitative estimate of drug-likeness (QED) is 0.375. The zero-order chi connectivity index (χ0) is 29.3. The summed E-state index contributed by atoms with van der Waals surface area (Å²) in [5.41, 5.74) is 7.29. The minimum Gasteiger partial charge on any atom is -0.444 e. The predicted molar refractivity (Wildman–Crippen MR) is 152 cm³/mol. The molecule has 9 nitrogen and oxygen atoms in total. The van der Waals surface area contributed by atoms with Crippen molar-refractivity contribution < 1.29 is 23.9 Å². The predicted octanol–water partition coefficient (Wildman–Crippen LogP) is 4.58. The summed E-state index contributed by atoms with van der Waals surface area (Å²) in [6, 6.07) is 3.59. The molecule has 1 aliphatic rings. The van der Waals surface area contributed by atoms with Gasteiger partial charge in [0.1, 0.15) is 17.7 Å². The average molecular weight is 545 g/mol. The highest BCUT2D eigenvalue weighted by molar-refractivity contribution is 5.93. The molecule has 0 bridgehead atoms. The number of alkyl carbamates (subject to hydrolysis) is 1. The van der Waals surface area contributed by atoms with Crippen molar-refractivity contribution in [1.82, 2.24) is 15.5 Å². The lowest BCUT2D eigenvalue weighted by molar-refractivity contribution is -0.145. The van der Waals surface area contributed by atoms with Crippen molar-refractivity contribution in [3.05, 3.63) is 34.9 Å². The summed E-state index contributed by atoms with van der Waals surface area (Å²) in [6.45, 7) is 12.9. The van der Waals surface area contributed by atoms with Gasteiger partial charge in [0.2, 0.25) is 17.7 Å². The van der Waals surface area contributed by atoms with Crippen LogP contribution in [0, 0.1) is 13.8 Å². The molecular formula is C30H48N4O5. The molecule has 1 fully saturated rings. The van der Waals surface area contributed by atoms with Crippen molar-refractivity contribution in [2.45, 2.75) is 130 Å². The fraction of sp³-hybridized carbons (Fsp3) is 0.667. The van der Waals surface area contributed by atoms with Crippen LogP contribution in [0.1, 0.15) is 109 Å². The van der Waals surface area contributed by atoms with Gasteiger partial charge >= 0.3 is 6.09 Å². The molecule has 9 heteroatoms. The summed E-state index contributed by atoms with van der Waals surface area (Å²) in [7, 11) is 0. The zero-order valence-corrected chi connectivity index (χ0v) is 24.8. The minimum atomic E-state index is -1.10. The topological polar surface area (TPSA) is 131 Å². The maximum Gasteiger partial charge on any atom is 0.408 e. The van der Waals surface area contributed by atoms with Crippen LogP contribution in [-0.4, -0.2) is 52.4 Å². The van der Waals surface area contributed by atoms with Crippen LogP contribution < -0.4 is 16.4 Å². The number of hydrogen-bond acceptors (Lipinski definition) is 5. The van der Waals surface area contributed by atoms with Gasteiger partial charge in [0.05, 0.1) is 0 Å². The summed E-state index contributed by atoms with van der Waals surface area (Å²) >= 11 is 0. The summed E-state index contributed by atoms with van der Waals surface area (Å²) in [4.78, 5) is 54.2. The fourth-order valence-electron chi connectivity index (χ4n) is 5.10. The smallest absolute Gasteiger partial charge is 0.408 e. The van der Waals surface area contributed by atoms with E-state index in [2.05, 4.69) is 10.6 Å². The van der Waals surface area contributed by atoms with Crippen LogP contribution >= 0.6 is 0 Å². The lowest BCUT2D eigenvalue weighted by Crippen LogP contribution is -2.56. The number of benzene rings is 1. The van der Waals surface area contributed by atoms with E-state index < -0.39 is 35.6 Å². The van der Waals surface area contributed by atoms with Crippen molar-refractivity contribution in [3.8, 4) is 0 Å². The van der Waals surface area contributed by atoms with E-state index in [1.807, 2.05) is 45.9 Å². The summed E-state index contributed by atoms with van der Waals surface area (Å²) in [5.74, 6) is -1.29. The van der Waals surface area contributed by atoms with Crippen molar-refractivity contribution in [1.29, 1.82) is 0 Å². The highest BCUT2D eigenvalue weighted by Gasteiger charge is 2.39. The Labute approximate surface area is 233 Å². The van der Waals surface area contributed by atoms with Gasteiger partial charge < -0.3 is 26.0 Å². The molecule has 218 valence electrons. The van der Waals surface area contributed by atoms with Gasteiger partial charge in [0.25, 0.3) is 0 Å². The Hall–Kier alpha value is -3.10. The van der Waals surface area contributed by atoms with Crippen LogP contribution in [0.15, 0.2) is 18.2 Å². The van der Waals surface area contributed by atoms with Crippen molar-refractivity contribution in [2.24, 2.45) is 5.73 Å². The summed E-state index contributed by atoms with van der Waals surface area (Å²) in [6.07, 6.45) is 4.77. The molecule has 0 aliphatic heterocycles. The SMILES string of the molecule is CCC(C)N(C(=O)C(CCC(N)=O)NC(=O)OC(C)(C)C)C(C(=O)NC1CCCCC1)c1cc(C)cc(C)c1. The Morgan fingerprint density at radius 1 is 1.05 bits per heavy atom. The highest BCUT2D eigenvalue weighted by Crippen LogP contribution is 2.29. The first-order chi connectivity index (χ1) is 18.2. The van der Waals surface area contributed by atoms with E-state index in [0.717, 1.165) is 43.2 Å². The van der Waals surface area contributed by atoms with Gasteiger partial charge in [-0.1, -0.05) is 55.5 Å². The number of nitrogens with one attached hydrogen (secondary N) is 2. The number of nitrogens with two attached hydrogens (primary N) is 1. The number of hydrogen-bond donors (Lipinski definition) is 3. The van der Waals surface area contributed by atoms with Gasteiger partial charge in [-0.3, -0.25) is 14.4 Å². The number of carbonyl (C=O) groups is 4. The number of nitrogens with zero attached hydrogens (tertiary/aromatic N) is 1. The first-order valence-corrected chi connectivity index (χ1v) is 14.2. The van der Waals surface area contributed by atoms with Crippen LogP contribution in [-0.2, 0) is 19.1 Å². The lowest BCUT2D eigenvalue weighted by atomic mass is 9.93. The Morgan fingerprint density at radius 2 is 1.64 bits per heavy atom. The molecule has 1 aromatic carbocycles. The second-order valence-corrected chi connectivity index (χ2v) is 11.9. The highest BCUT2D eigenvalue weighted by atomic mass is 16.6. The third-order valence-corrected chi connectivity index (χ3v) is 7.03. The second kappa shape index (κ2) is 14.3. The number of aryl methyl sites for hydroxylation is 2. The van der Waals surface area contributed by atoms with Crippen LogP contribution in [0.3, 0.4) is 0 Å². The normalized spacial score (nSPS) is 16.5. The van der Waals surface area contributed by atoms with E-state index in [9.17, 15) is 19.2 Å². The average Bonchev–Trinajstić information content (AvgIpc) is 2.82. The van der Waals surface area contributed by atoms with E-state index in [0.29, 0.717) is 12.0 Å². The standard InChI is InChI=1S/C30H48N4O5/c1-8-21(4)34(28(37)24(14-15-25(31)35)33-29(38)39-30(5,6)7)26(22-17-19(2)16-20(3)18-22)27(36)32-23-12-10-9-11-13-23/h16-18,21,23-24,26H,8-15H2,1-7H3,(H2,31,35)(H,32,36)(H,33,38). The van der Waals surface area contributed by atoms with Crippen LogP contribution in [0.2, 0.25) is 0 Å². The molecule has 4 N–H and O–H groups in total. The molecule has 1 saturated carbocycles. The maximum absolute atomic E-state index is 14.3. The minimum absolute atomic E-state index is 0.00977. The van der Waals surface area contributed by atoms with E-state index in [1.54, 1.807) is 25.7 Å². The first kappa shape index (κ1) is 32.1. The molecular weight excluding hydrogens is 496 g/mol. The van der Waals surface area contributed by atoms with E-state index in [1.165, 1.54) is 0 Å². The van der Waals surface area contributed by atoms with Crippen molar-refractivity contribution >= 4 is 23.8 Å². The molecule has 39 heavy (non-hydrogen) atoms. The molecule has 0 heterocycles. The molecule has 0 radical (unpaired) electrons. The fourth-order valence-corrected chi connectivity index (χ4v) is 5.10. The first-order valence-electron chi connectivity index (χ1n) is 14.2. The van der Waals surface area contributed by atoms with Crippen LogP contribution in [0.4, 0.5) is 4.79 Å². The molecule has 1 aliphatic carbocycles. The Morgan fingerprint density at radius 3 is 2.15 bits per heavy atom. The molecule has 1 aromatic rings. The van der Waals surface area contributed by atoms with Crippen LogP contribution in [0.25, 0.3) is 0 Å². The third kappa shape index (κ3) is 10.2. The molecule has 0 spiro atoms. The lowest BCUT2D eigenvalue weighted by Gasteiger charge is -2.39. The molecule has 0 saturated heterocycles. The third-order valence-electron chi connectivity index (χ3n) is 7.03. The molecule has 0 aromatic heterocycles. The number of carbonyl (C=O) groups excluding carboxylic acids is 4. The van der Waals surface area contributed by atoms with Gasteiger partial charge in [-0.25, -0.2) is 4.79 Å². The van der Waals surface area contributed by atoms with Crippen LogP contribution in [0.5, 0.6) is 0 Å². The van der Waals surface area contributed by atoms with Crippen molar-refractivity contribution in [3.63, 3.8) is 0 Å². The maximum atomic E-state index is 14.3. The largest absolute Gasteiger partial charge is 0.444 e. The van der Waals surface area contributed by atoms with Gasteiger partial charge in [-0.05, 0) is 72.8 Å². The van der Waals surface area contributed by atoms with Gasteiger partial charge in [-0.2, -0.15) is 0 Å². The molecule has 3 atom stereocenters. The van der Waals surface area contributed by atoms with Gasteiger partial charge in [0.15, 0.2) is 0 Å².